The standard InChI is InChI=1S/C17H20F3N5O4S/c1-7-11(15(27)28)30-16(22-7)25-5-4-9(10(6-25)29-3)23-14(26)13-21-8(2)12(24-13)17(18,19)20/h9-10H,4-6H2,1-3H3,(H,21,24)(H,23,26)(H,27,28)/t9-,10+/m0/s1. The maximum Gasteiger partial charge on any atom is 0.435 e. The number of nitrogens with one attached hydrogen (secondary N) is 2. The molecule has 0 aliphatic carbocycles. The van der Waals surface area contributed by atoms with Crippen molar-refractivity contribution in [2.75, 3.05) is 25.1 Å². The largest absolute Gasteiger partial charge is 0.477 e. The van der Waals surface area contributed by atoms with Crippen LogP contribution in [0.25, 0.3) is 0 Å². The minimum atomic E-state index is -4.65. The molecule has 2 aromatic rings. The number of methoxy groups -OCH3 is 1. The molecule has 164 valence electrons. The summed E-state index contributed by atoms with van der Waals surface area (Å²) in [7, 11) is 1.46. The van der Waals surface area contributed by atoms with Crippen LogP contribution in [0, 0.1) is 13.8 Å². The summed E-state index contributed by atoms with van der Waals surface area (Å²) >= 11 is 1.06. The number of aromatic amines is 1. The number of aromatic nitrogens is 3. The van der Waals surface area contributed by atoms with Gasteiger partial charge < -0.3 is 25.0 Å². The van der Waals surface area contributed by atoms with Crippen LogP contribution >= 0.6 is 11.3 Å². The summed E-state index contributed by atoms with van der Waals surface area (Å²) < 4.78 is 44.2. The number of thiazole rings is 1. The smallest absolute Gasteiger partial charge is 0.435 e. The molecule has 9 nitrogen and oxygen atoms in total. The fraction of sp³-hybridized carbons (Fsp3) is 0.529. The normalized spacial score (nSPS) is 19.7. The first kappa shape index (κ1) is 22.0. The summed E-state index contributed by atoms with van der Waals surface area (Å²) in [5.41, 5.74) is -0.946. The Hall–Kier alpha value is -2.67. The van der Waals surface area contributed by atoms with Gasteiger partial charge in [0.25, 0.3) is 5.91 Å². The third kappa shape index (κ3) is 4.41. The van der Waals surface area contributed by atoms with E-state index in [4.69, 9.17) is 4.74 Å². The number of carbonyl (C=O) groups excluding carboxylic acids is 1. The zero-order valence-corrected chi connectivity index (χ0v) is 17.1. The number of nitrogens with zero attached hydrogens (tertiary/aromatic N) is 3. The first-order valence-corrected chi connectivity index (χ1v) is 9.76. The Labute approximate surface area is 173 Å². The fourth-order valence-electron chi connectivity index (χ4n) is 3.29. The predicted octanol–water partition coefficient (Wildman–Crippen LogP) is 2.22. The Morgan fingerprint density at radius 2 is 2.03 bits per heavy atom. The second kappa shape index (κ2) is 8.22. The lowest BCUT2D eigenvalue weighted by Gasteiger charge is -2.37. The van der Waals surface area contributed by atoms with E-state index in [9.17, 15) is 27.9 Å². The van der Waals surface area contributed by atoms with Crippen LogP contribution in [-0.2, 0) is 10.9 Å². The fourth-order valence-corrected chi connectivity index (χ4v) is 4.23. The zero-order valence-electron chi connectivity index (χ0n) is 16.3. The van der Waals surface area contributed by atoms with Crippen molar-refractivity contribution in [3.8, 4) is 0 Å². The van der Waals surface area contributed by atoms with Gasteiger partial charge in [-0.25, -0.2) is 14.8 Å². The summed E-state index contributed by atoms with van der Waals surface area (Å²) in [5, 5.41) is 12.4. The van der Waals surface area contributed by atoms with Crippen molar-refractivity contribution in [2.45, 2.75) is 38.6 Å². The van der Waals surface area contributed by atoms with Crippen LogP contribution in [0.3, 0.4) is 0 Å². The van der Waals surface area contributed by atoms with E-state index in [0.717, 1.165) is 11.3 Å². The number of carbonyl (C=O) groups is 2. The van der Waals surface area contributed by atoms with Crippen LogP contribution in [-0.4, -0.2) is 64.3 Å². The number of hydrogen-bond donors (Lipinski definition) is 3. The number of aryl methyl sites for hydroxylation is 2. The molecule has 0 bridgehead atoms. The number of amides is 1. The molecule has 3 rings (SSSR count). The number of ether oxygens (including phenoxy) is 1. The highest BCUT2D eigenvalue weighted by Crippen LogP contribution is 2.31. The van der Waals surface area contributed by atoms with E-state index in [2.05, 4.69) is 20.3 Å². The summed E-state index contributed by atoms with van der Waals surface area (Å²) in [6.07, 6.45) is -4.70. The lowest BCUT2D eigenvalue weighted by Crippen LogP contribution is -2.55. The molecule has 0 spiro atoms. The Balaban J connectivity index is 1.69. The van der Waals surface area contributed by atoms with Gasteiger partial charge in [0.15, 0.2) is 16.6 Å². The Morgan fingerprint density at radius 3 is 2.57 bits per heavy atom. The number of carboxylic acids is 1. The van der Waals surface area contributed by atoms with Crippen molar-refractivity contribution in [3.05, 3.63) is 27.8 Å². The number of aromatic carboxylic acids is 1. The van der Waals surface area contributed by atoms with E-state index < -0.39 is 41.7 Å². The van der Waals surface area contributed by atoms with Crippen LogP contribution in [0.4, 0.5) is 18.3 Å². The molecule has 2 atom stereocenters. The van der Waals surface area contributed by atoms with Crippen molar-refractivity contribution in [1.29, 1.82) is 0 Å². The van der Waals surface area contributed by atoms with Crippen LogP contribution in [0.1, 0.15) is 43.8 Å². The maximum absolute atomic E-state index is 12.9. The highest BCUT2D eigenvalue weighted by molar-refractivity contribution is 7.17. The Bertz CT molecular complexity index is 958. The van der Waals surface area contributed by atoms with Gasteiger partial charge in [-0.1, -0.05) is 11.3 Å². The van der Waals surface area contributed by atoms with Crippen LogP contribution in [0.5, 0.6) is 0 Å². The topological polar surface area (TPSA) is 120 Å². The molecule has 0 unspecified atom stereocenters. The van der Waals surface area contributed by atoms with E-state index in [1.807, 2.05) is 4.90 Å². The monoisotopic (exact) mass is 447 g/mol. The molecule has 0 aromatic carbocycles. The van der Waals surface area contributed by atoms with Gasteiger partial charge in [0.05, 0.1) is 17.8 Å². The summed E-state index contributed by atoms with van der Waals surface area (Å²) in [6.45, 7) is 3.61. The first-order valence-electron chi connectivity index (χ1n) is 8.94. The van der Waals surface area contributed by atoms with E-state index >= 15 is 0 Å². The number of halogens is 3. The van der Waals surface area contributed by atoms with E-state index in [-0.39, 0.29) is 10.6 Å². The van der Waals surface area contributed by atoms with Gasteiger partial charge >= 0.3 is 12.1 Å². The molecule has 13 heteroatoms. The highest BCUT2D eigenvalue weighted by atomic mass is 32.1. The Kier molecular flexibility index (Phi) is 6.04. The van der Waals surface area contributed by atoms with Crippen molar-refractivity contribution < 1.29 is 32.6 Å². The van der Waals surface area contributed by atoms with E-state index in [1.54, 1.807) is 6.92 Å². The SMILES string of the molecule is CO[C@@H]1CN(c2nc(C)c(C(=O)O)s2)CC[C@@H]1NC(=O)c1nc(C(F)(F)F)c(C)[nH]1. The number of anilines is 1. The number of hydrogen-bond acceptors (Lipinski definition) is 7. The minimum absolute atomic E-state index is 0.156. The lowest BCUT2D eigenvalue weighted by molar-refractivity contribution is -0.141. The highest BCUT2D eigenvalue weighted by Gasteiger charge is 2.38. The molecule has 0 radical (unpaired) electrons. The van der Waals surface area contributed by atoms with Crippen molar-refractivity contribution in [1.82, 2.24) is 20.3 Å². The molecule has 3 heterocycles. The molecule has 0 saturated carbocycles. The number of carboxylic acid groups (broad SMARTS) is 1. The lowest BCUT2D eigenvalue weighted by atomic mass is 10.0. The minimum Gasteiger partial charge on any atom is -0.477 e. The van der Waals surface area contributed by atoms with Gasteiger partial charge in [0.2, 0.25) is 0 Å². The number of alkyl halides is 3. The zero-order chi connectivity index (χ0) is 22.2. The number of imidazole rings is 1. The van der Waals surface area contributed by atoms with E-state index in [1.165, 1.54) is 14.0 Å². The molecule has 3 N–H and O–H groups in total. The van der Waals surface area contributed by atoms with Gasteiger partial charge in [0, 0.05) is 25.9 Å². The van der Waals surface area contributed by atoms with Crippen molar-refractivity contribution >= 4 is 28.3 Å². The molecule has 1 aliphatic heterocycles. The quantitative estimate of drug-likeness (QED) is 0.643. The number of H-pyrrole nitrogens is 1. The second-order valence-corrected chi connectivity index (χ2v) is 7.84. The molecule has 30 heavy (non-hydrogen) atoms. The van der Waals surface area contributed by atoms with Gasteiger partial charge in [-0.15, -0.1) is 0 Å². The van der Waals surface area contributed by atoms with Gasteiger partial charge in [-0.05, 0) is 20.3 Å². The molecular formula is C17H20F3N5O4S. The number of piperidine rings is 1. The first-order chi connectivity index (χ1) is 14.0. The van der Waals surface area contributed by atoms with Crippen LogP contribution < -0.4 is 10.2 Å². The molecule has 2 aromatic heterocycles. The molecule has 1 amide bonds. The predicted molar refractivity (Wildman–Crippen MR) is 101 cm³/mol. The second-order valence-electron chi connectivity index (χ2n) is 6.86. The van der Waals surface area contributed by atoms with Gasteiger partial charge in [-0.2, -0.15) is 13.2 Å². The summed E-state index contributed by atoms with van der Waals surface area (Å²) in [6, 6.07) is -0.460. The molecule has 1 fully saturated rings. The maximum atomic E-state index is 12.9. The third-order valence-electron chi connectivity index (χ3n) is 4.80. The van der Waals surface area contributed by atoms with E-state index in [0.29, 0.717) is 30.3 Å². The number of rotatable bonds is 5. The van der Waals surface area contributed by atoms with Crippen molar-refractivity contribution in [3.63, 3.8) is 0 Å². The summed E-state index contributed by atoms with van der Waals surface area (Å²) in [4.78, 5) is 35.7. The third-order valence-corrected chi connectivity index (χ3v) is 6.00. The molecule has 1 saturated heterocycles. The van der Waals surface area contributed by atoms with Crippen molar-refractivity contribution in [2.24, 2.45) is 0 Å². The average molecular weight is 447 g/mol. The Morgan fingerprint density at radius 1 is 1.33 bits per heavy atom. The van der Waals surface area contributed by atoms with Gasteiger partial charge in [0.1, 0.15) is 4.88 Å². The molecular weight excluding hydrogens is 427 g/mol. The molecule has 1 aliphatic rings. The van der Waals surface area contributed by atoms with Crippen LogP contribution in [0.2, 0.25) is 0 Å². The average Bonchev–Trinajstić information content (AvgIpc) is 3.25. The van der Waals surface area contributed by atoms with Gasteiger partial charge in [-0.3, -0.25) is 4.79 Å². The van der Waals surface area contributed by atoms with Crippen LogP contribution in [0.15, 0.2) is 0 Å². The summed E-state index contributed by atoms with van der Waals surface area (Å²) in [5.74, 6) is -2.22.